The van der Waals surface area contributed by atoms with Crippen LogP contribution in [0.5, 0.6) is 5.75 Å². The first-order valence-electron chi connectivity index (χ1n) is 9.45. The number of carboxylic acid groups (broad SMARTS) is 2. The van der Waals surface area contributed by atoms with Crippen molar-refractivity contribution in [3.8, 4) is 5.75 Å². The molecule has 0 aromatic heterocycles. The van der Waals surface area contributed by atoms with Crippen LogP contribution < -0.4 is 15.6 Å². The summed E-state index contributed by atoms with van der Waals surface area (Å²) in [5.41, 5.74) is 5.41. The molecule has 0 radical (unpaired) electrons. The molecule has 0 spiro atoms. The number of alkyl halides is 3. The maximum Gasteiger partial charge on any atom is 0.513 e. The van der Waals surface area contributed by atoms with Gasteiger partial charge in [0.25, 0.3) is 0 Å². The van der Waals surface area contributed by atoms with Gasteiger partial charge in [-0.15, -0.1) is 0 Å². The molecule has 182 valence electrons. The molecule has 0 aliphatic carbocycles. The predicted octanol–water partition coefficient (Wildman–Crippen LogP) is 1.13. The second-order valence-electron chi connectivity index (χ2n) is 7.36. The van der Waals surface area contributed by atoms with Gasteiger partial charge in [0, 0.05) is 11.0 Å². The van der Waals surface area contributed by atoms with Gasteiger partial charge in [0.1, 0.15) is 18.3 Å². The third-order valence-electron chi connectivity index (χ3n) is 3.87. The molecule has 9 nitrogen and oxygen atoms in total. The Morgan fingerprint density at radius 3 is 2.12 bits per heavy atom. The van der Waals surface area contributed by atoms with Crippen molar-refractivity contribution in [2.45, 2.75) is 45.7 Å². The number of rotatable bonds is 9. The van der Waals surface area contributed by atoms with E-state index in [9.17, 15) is 22.8 Å². The topological polar surface area (TPSA) is 150 Å². The molecule has 0 aliphatic rings. The van der Waals surface area contributed by atoms with Gasteiger partial charge in [0.05, 0.1) is 26.2 Å². The van der Waals surface area contributed by atoms with Crippen LogP contribution in [0.25, 0.3) is 0 Å². The number of carbonyl (C=O) groups excluding carboxylic acids is 2. The van der Waals surface area contributed by atoms with Crippen LogP contribution in [0.4, 0.5) is 18.0 Å². The fraction of sp³-hybridized carbons (Fsp3) is 0.550. The second-order valence-corrected chi connectivity index (χ2v) is 7.36. The molecule has 0 fully saturated rings. The fourth-order valence-corrected chi connectivity index (χ4v) is 2.85. The van der Waals surface area contributed by atoms with Crippen molar-refractivity contribution >= 4 is 18.1 Å². The normalized spacial score (nSPS) is 11.2. The molecule has 1 aromatic carbocycles. The lowest BCUT2D eigenvalue weighted by Gasteiger charge is -2.27. The van der Waals surface area contributed by atoms with Crippen molar-refractivity contribution in [3.63, 3.8) is 0 Å². The van der Waals surface area contributed by atoms with Gasteiger partial charge in [-0.25, -0.2) is 4.79 Å². The lowest BCUT2D eigenvalue weighted by molar-refractivity contribution is -0.374. The van der Waals surface area contributed by atoms with Crippen molar-refractivity contribution in [1.82, 2.24) is 0 Å². The van der Waals surface area contributed by atoms with E-state index >= 15 is 0 Å². The highest BCUT2D eigenvalue weighted by Gasteiger charge is 2.30. The summed E-state index contributed by atoms with van der Waals surface area (Å²) in [7, 11) is 0. The average Bonchev–Trinajstić information content (AvgIpc) is 2.59. The summed E-state index contributed by atoms with van der Waals surface area (Å²) in [5, 5.41) is 17.9. The third-order valence-corrected chi connectivity index (χ3v) is 3.87. The van der Waals surface area contributed by atoms with E-state index in [-0.39, 0.29) is 19.6 Å². The Hall–Kier alpha value is -2.86. The second kappa shape index (κ2) is 12.9. The molecule has 0 amide bonds. The summed E-state index contributed by atoms with van der Waals surface area (Å²) in [6, 6.07) is 3.65. The minimum atomic E-state index is -5.19. The van der Waals surface area contributed by atoms with Crippen molar-refractivity contribution in [3.05, 3.63) is 28.8 Å². The van der Waals surface area contributed by atoms with Crippen LogP contribution in [0.15, 0.2) is 12.1 Å². The molecule has 0 saturated heterocycles. The van der Waals surface area contributed by atoms with Gasteiger partial charge < -0.3 is 35.0 Å². The van der Waals surface area contributed by atoms with Crippen LogP contribution in [-0.2, 0) is 24.5 Å². The van der Waals surface area contributed by atoms with Crippen molar-refractivity contribution in [2.75, 3.05) is 26.4 Å². The van der Waals surface area contributed by atoms with Gasteiger partial charge in [0.15, 0.2) is 0 Å². The zero-order chi connectivity index (χ0) is 25.1. The number of benzene rings is 1. The minimum Gasteiger partial charge on any atom is -0.542 e. The first-order valence-corrected chi connectivity index (χ1v) is 9.45. The van der Waals surface area contributed by atoms with E-state index in [2.05, 4.69) is 5.73 Å². The van der Waals surface area contributed by atoms with Crippen molar-refractivity contribution in [2.24, 2.45) is 0 Å². The average molecular weight is 467 g/mol. The van der Waals surface area contributed by atoms with Crippen LogP contribution in [-0.4, -0.2) is 55.7 Å². The first kappa shape index (κ1) is 29.1. The zero-order valence-corrected chi connectivity index (χ0v) is 18.3. The summed E-state index contributed by atoms with van der Waals surface area (Å²) in [6.45, 7) is 8.88. The highest BCUT2D eigenvalue weighted by atomic mass is 19.4. The van der Waals surface area contributed by atoms with Crippen molar-refractivity contribution in [1.29, 1.82) is 0 Å². The Balaban J connectivity index is 0.00000118. The number of carbonyl (C=O) groups is 3. The number of hydrogen-bond acceptors (Lipinski definition) is 7. The smallest absolute Gasteiger partial charge is 0.513 e. The number of aliphatic carboxylic acids is 2. The van der Waals surface area contributed by atoms with Gasteiger partial charge in [-0.1, -0.05) is 19.9 Å². The first-order chi connectivity index (χ1) is 14.6. The van der Waals surface area contributed by atoms with Gasteiger partial charge in [0.2, 0.25) is 0 Å². The standard InChI is InChI=1S/C18H27NO6.C2HF3O2/c1-12-9-13(2)16(18(3,4)11-15(20)21)14(10-12)25-17(22)24-8-7-23-6-5-19;3-2(4,5)1(6)7/h9-10H,5-8,11,19H2,1-4H3,(H,20,21);(H,6,7). The largest absolute Gasteiger partial charge is 0.542 e. The molecule has 0 heterocycles. The lowest BCUT2D eigenvalue weighted by atomic mass is 9.78. The summed E-state index contributed by atoms with van der Waals surface area (Å²) in [4.78, 5) is 31.9. The molecule has 4 N–H and O–H groups in total. The van der Waals surface area contributed by atoms with Crippen molar-refractivity contribution < 1.29 is 57.7 Å². The molecule has 0 unspecified atom stereocenters. The molecule has 12 heteroatoms. The van der Waals surface area contributed by atoms with Gasteiger partial charge in [-0.2, -0.15) is 13.2 Å². The molecule has 0 atom stereocenters. The highest BCUT2D eigenvalue weighted by Crippen LogP contribution is 2.38. The summed E-state index contributed by atoms with van der Waals surface area (Å²) >= 11 is 0. The number of ether oxygens (including phenoxy) is 3. The van der Waals surface area contributed by atoms with Crippen LogP contribution in [0.3, 0.4) is 0 Å². The quantitative estimate of drug-likeness (QED) is 0.312. The van der Waals surface area contributed by atoms with E-state index in [1.807, 2.05) is 33.8 Å². The van der Waals surface area contributed by atoms with Gasteiger partial charge >= 0.3 is 18.3 Å². The van der Waals surface area contributed by atoms with E-state index < -0.39 is 29.7 Å². The van der Waals surface area contributed by atoms with Crippen LogP contribution in [0, 0.1) is 13.8 Å². The van der Waals surface area contributed by atoms with E-state index in [1.165, 1.54) is 0 Å². The summed E-state index contributed by atoms with van der Waals surface area (Å²) in [5.74, 6) is -3.60. The minimum absolute atomic E-state index is 0.0808. The van der Waals surface area contributed by atoms with Crippen LogP contribution in [0.1, 0.15) is 37.0 Å². The fourth-order valence-electron chi connectivity index (χ4n) is 2.85. The number of hydrogen-bond donors (Lipinski definition) is 2. The molecular formula is C20H28F3NO8. The maximum absolute atomic E-state index is 11.9. The Morgan fingerprint density at radius 2 is 1.66 bits per heavy atom. The van der Waals surface area contributed by atoms with E-state index in [1.54, 1.807) is 6.07 Å². The number of carboxylic acids is 2. The summed E-state index contributed by atoms with van der Waals surface area (Å²) in [6.07, 6.45) is -6.11. The molecule has 0 bridgehead atoms. The molecular weight excluding hydrogens is 439 g/mol. The van der Waals surface area contributed by atoms with E-state index in [0.717, 1.165) is 11.1 Å². The molecule has 32 heavy (non-hydrogen) atoms. The van der Waals surface area contributed by atoms with Crippen LogP contribution >= 0.6 is 0 Å². The SMILES string of the molecule is Cc1cc(C)c(C(C)(C)CC(=O)O)c(OC(=O)OCCOCC[NH3+])c1.O=C([O-])C(F)(F)F. The molecule has 0 saturated carbocycles. The number of halogens is 3. The van der Waals surface area contributed by atoms with Gasteiger partial charge in [-0.3, -0.25) is 4.79 Å². The third kappa shape index (κ3) is 11.0. The van der Waals surface area contributed by atoms with E-state index in [4.69, 9.17) is 29.2 Å². The number of aryl methyl sites for hydroxylation is 2. The number of quaternary nitrogens is 1. The van der Waals surface area contributed by atoms with Gasteiger partial charge in [-0.05, 0) is 31.0 Å². The Labute approximate surface area is 183 Å². The molecule has 0 aliphatic heterocycles. The lowest BCUT2D eigenvalue weighted by Crippen LogP contribution is -2.52. The monoisotopic (exact) mass is 467 g/mol. The maximum atomic E-state index is 11.9. The zero-order valence-electron chi connectivity index (χ0n) is 18.3. The van der Waals surface area contributed by atoms with Crippen LogP contribution in [0.2, 0.25) is 0 Å². The van der Waals surface area contributed by atoms with E-state index in [0.29, 0.717) is 24.5 Å². The Bertz CT molecular complexity index is 794. The molecule has 1 aromatic rings. The Morgan fingerprint density at radius 1 is 1.09 bits per heavy atom. The predicted molar refractivity (Wildman–Crippen MR) is 103 cm³/mol. The molecule has 1 rings (SSSR count). The Kier molecular flexibility index (Phi) is 11.7. The highest BCUT2D eigenvalue weighted by molar-refractivity contribution is 5.71. The summed E-state index contributed by atoms with van der Waals surface area (Å²) < 4.78 is 47.1.